The minimum atomic E-state index is -0.700. The highest BCUT2D eigenvalue weighted by molar-refractivity contribution is 5.97. The van der Waals surface area contributed by atoms with Gasteiger partial charge in [-0.15, -0.1) is 0 Å². The molecule has 6 heteroatoms. The van der Waals surface area contributed by atoms with E-state index in [1.54, 1.807) is 43.3 Å². The van der Waals surface area contributed by atoms with Crippen molar-refractivity contribution in [3.63, 3.8) is 0 Å². The van der Waals surface area contributed by atoms with E-state index >= 15 is 0 Å². The van der Waals surface area contributed by atoms with E-state index in [4.69, 9.17) is 19.5 Å². The number of nitrogens with zero attached hydrogens (tertiary/aromatic N) is 1. The number of hydrogen-bond acceptors (Lipinski definition) is 6. The van der Waals surface area contributed by atoms with Crippen LogP contribution >= 0.6 is 0 Å². The van der Waals surface area contributed by atoms with Gasteiger partial charge in [0.1, 0.15) is 23.1 Å². The van der Waals surface area contributed by atoms with Gasteiger partial charge in [0.15, 0.2) is 6.61 Å². The second kappa shape index (κ2) is 9.78. The van der Waals surface area contributed by atoms with Gasteiger partial charge in [0.2, 0.25) is 0 Å². The molecule has 0 spiro atoms. The zero-order chi connectivity index (χ0) is 19.6. The standard InChI is InChI=1S/C21H19NO5/c1-3-25-21(24)17(13-22)11-16-7-5-9-19(12-16)27-20(23)14-26-18-8-4-6-15(2)10-18/h4-12H,3,14H2,1-2H3/b17-11+. The van der Waals surface area contributed by atoms with Crippen molar-refractivity contribution in [1.29, 1.82) is 5.26 Å². The molecule has 27 heavy (non-hydrogen) atoms. The van der Waals surface area contributed by atoms with Crippen LogP contribution in [-0.2, 0) is 14.3 Å². The zero-order valence-corrected chi connectivity index (χ0v) is 15.1. The SMILES string of the molecule is CCOC(=O)/C(C#N)=C/c1cccc(OC(=O)COc2cccc(C)c2)c1. The lowest BCUT2D eigenvalue weighted by Gasteiger charge is -2.08. The lowest BCUT2D eigenvalue weighted by molar-refractivity contribution is -0.138. The summed E-state index contributed by atoms with van der Waals surface area (Å²) in [5, 5.41) is 9.08. The van der Waals surface area contributed by atoms with Crippen molar-refractivity contribution < 1.29 is 23.8 Å². The smallest absolute Gasteiger partial charge is 0.349 e. The Balaban J connectivity index is 2.01. The summed E-state index contributed by atoms with van der Waals surface area (Å²) in [5.41, 5.74) is 1.42. The number of rotatable bonds is 7. The van der Waals surface area contributed by atoms with Gasteiger partial charge in [-0.05, 0) is 55.3 Å². The molecule has 0 unspecified atom stereocenters. The van der Waals surface area contributed by atoms with E-state index in [-0.39, 0.29) is 24.5 Å². The maximum Gasteiger partial charge on any atom is 0.349 e. The molecule has 0 aliphatic carbocycles. The molecule has 138 valence electrons. The maximum atomic E-state index is 12.0. The number of hydrogen-bond donors (Lipinski definition) is 0. The van der Waals surface area contributed by atoms with Crippen molar-refractivity contribution >= 4 is 18.0 Å². The third-order valence-corrected chi connectivity index (χ3v) is 3.36. The van der Waals surface area contributed by atoms with Crippen LogP contribution in [0.5, 0.6) is 11.5 Å². The summed E-state index contributed by atoms with van der Waals surface area (Å²) in [6, 6.07) is 15.6. The van der Waals surface area contributed by atoms with Crippen molar-refractivity contribution in [1.82, 2.24) is 0 Å². The third-order valence-electron chi connectivity index (χ3n) is 3.36. The fraction of sp³-hybridized carbons (Fsp3) is 0.190. The molecule has 0 saturated heterocycles. The van der Waals surface area contributed by atoms with E-state index in [0.29, 0.717) is 11.3 Å². The Morgan fingerprint density at radius 1 is 1.11 bits per heavy atom. The van der Waals surface area contributed by atoms with Gasteiger partial charge in [0, 0.05) is 0 Å². The second-order valence-electron chi connectivity index (χ2n) is 5.54. The molecule has 2 rings (SSSR count). The number of carbonyl (C=O) groups is 2. The Hall–Kier alpha value is -3.59. The summed E-state index contributed by atoms with van der Waals surface area (Å²) in [7, 11) is 0. The molecule has 0 saturated carbocycles. The van der Waals surface area contributed by atoms with Crippen LogP contribution < -0.4 is 9.47 Å². The topological polar surface area (TPSA) is 85.6 Å². The summed E-state index contributed by atoms with van der Waals surface area (Å²) < 4.78 is 15.5. The van der Waals surface area contributed by atoms with Crippen LogP contribution in [0, 0.1) is 18.3 Å². The fourth-order valence-electron chi connectivity index (χ4n) is 2.19. The third kappa shape index (κ3) is 6.33. The Morgan fingerprint density at radius 3 is 2.56 bits per heavy atom. The largest absolute Gasteiger partial charge is 0.482 e. The number of aryl methyl sites for hydroxylation is 1. The molecule has 0 atom stereocenters. The summed E-state index contributed by atoms with van der Waals surface area (Å²) in [6.45, 7) is 3.52. The number of carbonyl (C=O) groups excluding carboxylic acids is 2. The van der Waals surface area contributed by atoms with Crippen LogP contribution in [0.4, 0.5) is 0 Å². The Morgan fingerprint density at radius 2 is 1.85 bits per heavy atom. The van der Waals surface area contributed by atoms with Crippen LogP contribution in [-0.4, -0.2) is 25.2 Å². The monoisotopic (exact) mass is 365 g/mol. The average molecular weight is 365 g/mol. The van der Waals surface area contributed by atoms with Gasteiger partial charge in [-0.1, -0.05) is 24.3 Å². The summed E-state index contributed by atoms with van der Waals surface area (Å²) in [4.78, 5) is 23.6. The van der Waals surface area contributed by atoms with E-state index in [9.17, 15) is 9.59 Å². The highest BCUT2D eigenvalue weighted by Gasteiger charge is 2.11. The Bertz CT molecular complexity index is 895. The second-order valence-corrected chi connectivity index (χ2v) is 5.54. The zero-order valence-electron chi connectivity index (χ0n) is 15.1. The van der Waals surface area contributed by atoms with Crippen LogP contribution in [0.15, 0.2) is 54.1 Å². The molecular formula is C21H19NO5. The summed E-state index contributed by atoms with van der Waals surface area (Å²) >= 11 is 0. The predicted molar refractivity (Wildman–Crippen MR) is 99.0 cm³/mol. The Labute approximate surface area is 157 Å². The molecule has 0 aromatic heterocycles. The van der Waals surface area contributed by atoms with E-state index < -0.39 is 11.9 Å². The molecule has 0 amide bonds. The van der Waals surface area contributed by atoms with Gasteiger partial charge >= 0.3 is 11.9 Å². The van der Waals surface area contributed by atoms with Gasteiger partial charge in [0.25, 0.3) is 0 Å². The first-order valence-electron chi connectivity index (χ1n) is 8.31. The minimum Gasteiger partial charge on any atom is -0.482 e. The summed E-state index contributed by atoms with van der Waals surface area (Å²) in [6.07, 6.45) is 1.37. The van der Waals surface area contributed by atoms with Crippen molar-refractivity contribution in [3.05, 3.63) is 65.2 Å². The van der Waals surface area contributed by atoms with Crippen LogP contribution in [0.1, 0.15) is 18.1 Å². The summed E-state index contributed by atoms with van der Waals surface area (Å²) in [5.74, 6) is -0.406. The van der Waals surface area contributed by atoms with Gasteiger partial charge in [-0.25, -0.2) is 9.59 Å². The molecule has 0 heterocycles. The van der Waals surface area contributed by atoms with Gasteiger partial charge in [-0.2, -0.15) is 5.26 Å². The van der Waals surface area contributed by atoms with Crippen molar-refractivity contribution in [2.45, 2.75) is 13.8 Å². The molecule has 6 nitrogen and oxygen atoms in total. The highest BCUT2D eigenvalue weighted by Crippen LogP contribution is 2.17. The lowest BCUT2D eigenvalue weighted by atomic mass is 10.1. The fourth-order valence-corrected chi connectivity index (χ4v) is 2.19. The molecule has 0 radical (unpaired) electrons. The van der Waals surface area contributed by atoms with Crippen molar-refractivity contribution in [2.24, 2.45) is 0 Å². The molecule has 0 aliphatic rings. The van der Waals surface area contributed by atoms with E-state index in [2.05, 4.69) is 0 Å². The molecule has 0 N–H and O–H groups in total. The first-order chi connectivity index (χ1) is 13.0. The predicted octanol–water partition coefficient (Wildman–Crippen LogP) is 3.45. The first kappa shape index (κ1) is 19.7. The van der Waals surface area contributed by atoms with Gasteiger partial charge < -0.3 is 14.2 Å². The van der Waals surface area contributed by atoms with E-state index in [1.807, 2.05) is 25.1 Å². The Kier molecular flexibility index (Phi) is 7.15. The van der Waals surface area contributed by atoms with Crippen LogP contribution in [0.2, 0.25) is 0 Å². The maximum absolute atomic E-state index is 12.0. The van der Waals surface area contributed by atoms with Gasteiger partial charge in [0.05, 0.1) is 6.61 Å². The lowest BCUT2D eigenvalue weighted by Crippen LogP contribution is -2.17. The average Bonchev–Trinajstić information content (AvgIpc) is 2.65. The number of esters is 2. The van der Waals surface area contributed by atoms with Gasteiger partial charge in [-0.3, -0.25) is 0 Å². The quantitative estimate of drug-likeness (QED) is 0.323. The van der Waals surface area contributed by atoms with Crippen molar-refractivity contribution in [2.75, 3.05) is 13.2 Å². The molecule has 0 bridgehead atoms. The molecule has 0 aliphatic heterocycles. The van der Waals surface area contributed by atoms with E-state index in [1.165, 1.54) is 6.08 Å². The minimum absolute atomic E-state index is 0.136. The molecule has 2 aromatic carbocycles. The molecular weight excluding hydrogens is 346 g/mol. The number of benzene rings is 2. The van der Waals surface area contributed by atoms with Crippen LogP contribution in [0.25, 0.3) is 6.08 Å². The van der Waals surface area contributed by atoms with Crippen molar-refractivity contribution in [3.8, 4) is 17.6 Å². The van der Waals surface area contributed by atoms with E-state index in [0.717, 1.165) is 5.56 Å². The molecule has 0 fully saturated rings. The number of ether oxygens (including phenoxy) is 3. The highest BCUT2D eigenvalue weighted by atomic mass is 16.6. The molecule has 2 aromatic rings. The normalized spacial score (nSPS) is 10.6. The first-order valence-corrected chi connectivity index (χ1v) is 8.31. The number of nitriles is 1. The van der Waals surface area contributed by atoms with Crippen LogP contribution in [0.3, 0.4) is 0 Å².